The Morgan fingerprint density at radius 1 is 1.05 bits per heavy atom. The fraction of sp³-hybridized carbons (Fsp3) is 0. The molecule has 0 radical (unpaired) electrons. The maximum atomic E-state index is 11.1. The third-order valence-electron chi connectivity index (χ3n) is 3.40. The predicted molar refractivity (Wildman–Crippen MR) is 75.9 cm³/mol. The van der Waals surface area contributed by atoms with Crippen molar-refractivity contribution in [1.29, 1.82) is 0 Å². The Morgan fingerprint density at radius 2 is 1.85 bits per heavy atom. The molecule has 0 amide bonds. The van der Waals surface area contributed by atoms with Crippen molar-refractivity contribution < 1.29 is 9.90 Å². The number of nitrogens with one attached hydrogen (secondary N) is 1. The quantitative estimate of drug-likeness (QED) is 0.553. The van der Waals surface area contributed by atoms with E-state index >= 15 is 0 Å². The molecule has 0 aliphatic rings. The lowest BCUT2D eigenvalue weighted by Crippen LogP contribution is -2.01. The maximum Gasteiger partial charge on any atom is 0.353 e. The summed E-state index contributed by atoms with van der Waals surface area (Å²) in [5, 5.41) is 11.0. The summed E-state index contributed by atoms with van der Waals surface area (Å²) in [5.41, 5.74) is 3.22. The lowest BCUT2D eigenvalue weighted by Gasteiger charge is -2.02. The molecule has 5 nitrogen and oxygen atoms in total. The van der Waals surface area contributed by atoms with Crippen molar-refractivity contribution in [2.75, 3.05) is 0 Å². The van der Waals surface area contributed by atoms with Crippen LogP contribution in [0.1, 0.15) is 10.5 Å². The number of aromatic carboxylic acids is 1. The molecule has 20 heavy (non-hydrogen) atoms. The highest BCUT2D eigenvalue weighted by Crippen LogP contribution is 2.30. The number of rotatable bonds is 1. The number of hydrogen-bond acceptors (Lipinski definition) is 3. The van der Waals surface area contributed by atoms with Crippen LogP contribution in [0.5, 0.6) is 0 Å². The van der Waals surface area contributed by atoms with Crippen molar-refractivity contribution in [3.05, 3.63) is 48.3 Å². The summed E-state index contributed by atoms with van der Waals surface area (Å²) in [6.45, 7) is 0. The molecule has 2 aromatic heterocycles. The highest BCUT2D eigenvalue weighted by molar-refractivity contribution is 6.18. The van der Waals surface area contributed by atoms with Crippen molar-refractivity contribution in [3.63, 3.8) is 0 Å². The van der Waals surface area contributed by atoms with Gasteiger partial charge in [-0.15, -0.1) is 0 Å². The summed E-state index contributed by atoms with van der Waals surface area (Å²) in [4.78, 5) is 22.8. The van der Waals surface area contributed by atoms with Gasteiger partial charge in [-0.2, -0.15) is 0 Å². The molecule has 0 aliphatic heterocycles. The Kier molecular flexibility index (Phi) is 2.06. The van der Waals surface area contributed by atoms with Gasteiger partial charge in [0.2, 0.25) is 0 Å². The molecule has 0 saturated heterocycles. The number of aromatic nitrogens is 3. The predicted octanol–water partition coefficient (Wildman–Crippen LogP) is 2.96. The molecule has 4 rings (SSSR count). The molecule has 2 aromatic carbocycles. The second-order valence-corrected chi connectivity index (χ2v) is 4.58. The van der Waals surface area contributed by atoms with E-state index in [1.807, 2.05) is 36.4 Å². The number of para-hydroxylation sites is 1. The molecule has 5 heteroatoms. The normalized spacial score (nSPS) is 11.4. The summed E-state index contributed by atoms with van der Waals surface area (Å²) >= 11 is 0. The van der Waals surface area contributed by atoms with Gasteiger partial charge in [-0.25, -0.2) is 9.78 Å². The van der Waals surface area contributed by atoms with Crippen molar-refractivity contribution in [2.24, 2.45) is 0 Å². The van der Waals surface area contributed by atoms with Gasteiger partial charge in [-0.05, 0) is 18.2 Å². The monoisotopic (exact) mass is 263 g/mol. The number of carboxylic acids is 1. The van der Waals surface area contributed by atoms with E-state index in [1.165, 1.54) is 6.20 Å². The molecule has 0 spiro atoms. The maximum absolute atomic E-state index is 11.1. The van der Waals surface area contributed by atoms with Crippen molar-refractivity contribution in [2.45, 2.75) is 0 Å². The first-order valence-electron chi connectivity index (χ1n) is 6.13. The van der Waals surface area contributed by atoms with E-state index in [-0.39, 0.29) is 5.69 Å². The molecular formula is C15H9N3O2. The number of H-pyrrole nitrogens is 1. The molecule has 0 bridgehead atoms. The molecule has 4 aromatic rings. The number of benzene rings is 2. The zero-order valence-corrected chi connectivity index (χ0v) is 10.3. The van der Waals surface area contributed by atoms with Crippen molar-refractivity contribution >= 4 is 38.8 Å². The molecule has 96 valence electrons. The molecule has 0 unspecified atom stereocenters. The third-order valence-corrected chi connectivity index (χ3v) is 3.40. The van der Waals surface area contributed by atoms with Gasteiger partial charge in [-0.1, -0.05) is 18.2 Å². The van der Waals surface area contributed by atoms with E-state index < -0.39 is 5.97 Å². The summed E-state index contributed by atoms with van der Waals surface area (Å²) in [6.07, 6.45) is 1.33. The first-order valence-corrected chi connectivity index (χ1v) is 6.13. The van der Waals surface area contributed by atoms with E-state index in [1.54, 1.807) is 0 Å². The van der Waals surface area contributed by atoms with Gasteiger partial charge in [0.1, 0.15) is 5.69 Å². The van der Waals surface area contributed by atoms with Gasteiger partial charge < -0.3 is 10.1 Å². The van der Waals surface area contributed by atoms with Crippen molar-refractivity contribution in [3.8, 4) is 0 Å². The number of fused-ring (bicyclic) bond motifs is 5. The van der Waals surface area contributed by atoms with Crippen molar-refractivity contribution in [1.82, 2.24) is 15.0 Å². The summed E-state index contributed by atoms with van der Waals surface area (Å²) in [5.74, 6) is -1.03. The van der Waals surface area contributed by atoms with E-state index in [2.05, 4.69) is 15.0 Å². The molecule has 0 fully saturated rings. The summed E-state index contributed by atoms with van der Waals surface area (Å²) in [6, 6.07) is 11.5. The zero-order valence-electron chi connectivity index (χ0n) is 10.3. The van der Waals surface area contributed by atoms with Gasteiger partial charge in [0.15, 0.2) is 0 Å². The molecule has 2 heterocycles. The number of carboxylic acid groups (broad SMARTS) is 1. The fourth-order valence-corrected chi connectivity index (χ4v) is 2.50. The Labute approximate surface area is 112 Å². The topological polar surface area (TPSA) is 78.9 Å². The highest BCUT2D eigenvalue weighted by atomic mass is 16.4. The van der Waals surface area contributed by atoms with Gasteiger partial charge >= 0.3 is 5.97 Å². The SMILES string of the molecule is O=C(O)c1cnc2ccc3nc4ccccc4c3c2[nH]1. The number of carbonyl (C=O) groups is 1. The van der Waals surface area contributed by atoms with Crippen LogP contribution in [0.25, 0.3) is 32.8 Å². The smallest absolute Gasteiger partial charge is 0.353 e. The Hall–Kier alpha value is -2.95. The van der Waals surface area contributed by atoms with Crippen LogP contribution in [-0.2, 0) is 0 Å². The average molecular weight is 263 g/mol. The average Bonchev–Trinajstić information content (AvgIpc) is 2.85. The van der Waals surface area contributed by atoms with Crippen LogP contribution in [0, 0.1) is 0 Å². The fourth-order valence-electron chi connectivity index (χ4n) is 2.50. The first-order chi connectivity index (χ1) is 9.74. The zero-order chi connectivity index (χ0) is 13.7. The Bertz CT molecular complexity index is 988. The second kappa shape index (κ2) is 3.77. The van der Waals surface area contributed by atoms with E-state index in [0.29, 0.717) is 5.52 Å². The Balaban J connectivity index is 2.25. The van der Waals surface area contributed by atoms with Gasteiger partial charge in [0.25, 0.3) is 0 Å². The lowest BCUT2D eigenvalue weighted by molar-refractivity contribution is 0.0690. The summed E-state index contributed by atoms with van der Waals surface area (Å²) < 4.78 is 0. The standard InChI is InChI=1S/C15H9N3O2/c19-15(20)12-7-16-11-6-5-10-13(14(11)18-12)8-3-1-2-4-9(8)17-10/h1-7,18H,(H,19,20). The first kappa shape index (κ1) is 10.9. The van der Waals surface area contributed by atoms with E-state index in [4.69, 9.17) is 5.11 Å². The Morgan fingerprint density at radius 3 is 2.70 bits per heavy atom. The minimum Gasteiger partial charge on any atom is -0.477 e. The molecule has 0 atom stereocenters. The molecular weight excluding hydrogens is 254 g/mol. The lowest BCUT2D eigenvalue weighted by atomic mass is 10.1. The van der Waals surface area contributed by atoms with Crippen LogP contribution >= 0.6 is 0 Å². The van der Waals surface area contributed by atoms with Gasteiger partial charge in [0, 0.05) is 10.8 Å². The van der Waals surface area contributed by atoms with Crippen LogP contribution in [-0.4, -0.2) is 26.0 Å². The number of aromatic amines is 1. The molecule has 2 N–H and O–H groups in total. The number of nitrogens with zero attached hydrogens (tertiary/aromatic N) is 2. The number of hydrogen-bond donors (Lipinski definition) is 2. The van der Waals surface area contributed by atoms with Crippen LogP contribution in [0.2, 0.25) is 0 Å². The van der Waals surface area contributed by atoms with Crippen LogP contribution < -0.4 is 0 Å². The van der Waals surface area contributed by atoms with Crippen LogP contribution in [0.3, 0.4) is 0 Å². The van der Waals surface area contributed by atoms with Gasteiger partial charge in [-0.3, -0.25) is 4.98 Å². The van der Waals surface area contributed by atoms with Crippen LogP contribution in [0.15, 0.2) is 42.6 Å². The largest absolute Gasteiger partial charge is 0.477 e. The summed E-state index contributed by atoms with van der Waals surface area (Å²) in [7, 11) is 0. The minimum atomic E-state index is -1.03. The van der Waals surface area contributed by atoms with Crippen LogP contribution in [0.4, 0.5) is 0 Å². The third kappa shape index (κ3) is 1.40. The molecule has 0 aliphatic carbocycles. The second-order valence-electron chi connectivity index (χ2n) is 4.58. The van der Waals surface area contributed by atoms with Gasteiger partial charge in [0.05, 0.1) is 28.3 Å². The van der Waals surface area contributed by atoms with E-state index in [9.17, 15) is 4.79 Å². The minimum absolute atomic E-state index is 0.0651. The molecule has 0 saturated carbocycles. The highest BCUT2D eigenvalue weighted by Gasteiger charge is 2.12. The van der Waals surface area contributed by atoms with E-state index in [0.717, 1.165) is 27.3 Å².